The zero-order valence-electron chi connectivity index (χ0n) is 11.9. The standard InChI is InChI=1S/C17H27N/c1-14(2)12-18-13-15-8-10-17(11-9-15)16-6-4-3-5-7-16/h8-11,14,16,18H,3-7,12-13H2,1-2H3. The van der Waals surface area contributed by atoms with Gasteiger partial charge in [0.05, 0.1) is 0 Å². The van der Waals surface area contributed by atoms with Crippen LogP contribution >= 0.6 is 0 Å². The molecule has 1 heteroatoms. The van der Waals surface area contributed by atoms with E-state index in [9.17, 15) is 0 Å². The molecule has 18 heavy (non-hydrogen) atoms. The monoisotopic (exact) mass is 245 g/mol. The normalized spacial score (nSPS) is 17.3. The summed E-state index contributed by atoms with van der Waals surface area (Å²) in [6.45, 7) is 6.60. The molecular weight excluding hydrogens is 218 g/mol. The first kappa shape index (κ1) is 13.6. The fourth-order valence-corrected chi connectivity index (χ4v) is 2.85. The fourth-order valence-electron chi connectivity index (χ4n) is 2.85. The van der Waals surface area contributed by atoms with Crippen LogP contribution in [0.4, 0.5) is 0 Å². The lowest BCUT2D eigenvalue weighted by Gasteiger charge is -2.22. The van der Waals surface area contributed by atoms with Crippen molar-refractivity contribution in [3.63, 3.8) is 0 Å². The molecule has 1 fully saturated rings. The topological polar surface area (TPSA) is 12.0 Å². The molecule has 0 spiro atoms. The molecule has 0 aliphatic heterocycles. The highest BCUT2D eigenvalue weighted by molar-refractivity contribution is 5.25. The van der Waals surface area contributed by atoms with Gasteiger partial charge in [-0.25, -0.2) is 0 Å². The van der Waals surface area contributed by atoms with Gasteiger partial charge < -0.3 is 5.32 Å². The van der Waals surface area contributed by atoms with Gasteiger partial charge in [0.15, 0.2) is 0 Å². The van der Waals surface area contributed by atoms with Crippen LogP contribution in [-0.4, -0.2) is 6.54 Å². The fraction of sp³-hybridized carbons (Fsp3) is 0.647. The summed E-state index contributed by atoms with van der Waals surface area (Å²) in [7, 11) is 0. The van der Waals surface area contributed by atoms with Crippen LogP contribution in [0, 0.1) is 5.92 Å². The van der Waals surface area contributed by atoms with Crippen molar-refractivity contribution in [1.29, 1.82) is 0 Å². The van der Waals surface area contributed by atoms with E-state index in [2.05, 4.69) is 43.4 Å². The Morgan fingerprint density at radius 1 is 1.06 bits per heavy atom. The van der Waals surface area contributed by atoms with Crippen LogP contribution in [0.15, 0.2) is 24.3 Å². The van der Waals surface area contributed by atoms with Crippen LogP contribution in [-0.2, 0) is 6.54 Å². The molecule has 1 saturated carbocycles. The van der Waals surface area contributed by atoms with Gasteiger partial charge in [0.1, 0.15) is 0 Å². The summed E-state index contributed by atoms with van der Waals surface area (Å²) in [5.74, 6) is 1.56. The second kappa shape index (κ2) is 6.94. The lowest BCUT2D eigenvalue weighted by molar-refractivity contribution is 0.443. The van der Waals surface area contributed by atoms with Crippen molar-refractivity contribution in [1.82, 2.24) is 5.32 Å². The lowest BCUT2D eigenvalue weighted by Crippen LogP contribution is -2.18. The Morgan fingerprint density at radius 3 is 2.33 bits per heavy atom. The molecule has 1 nitrogen and oxygen atoms in total. The van der Waals surface area contributed by atoms with Gasteiger partial charge in [-0.2, -0.15) is 0 Å². The van der Waals surface area contributed by atoms with E-state index in [1.54, 1.807) is 5.56 Å². The number of hydrogen-bond donors (Lipinski definition) is 1. The number of hydrogen-bond acceptors (Lipinski definition) is 1. The van der Waals surface area contributed by atoms with Crippen molar-refractivity contribution in [2.24, 2.45) is 5.92 Å². The Hall–Kier alpha value is -0.820. The Balaban J connectivity index is 1.84. The van der Waals surface area contributed by atoms with Crippen LogP contribution in [0.5, 0.6) is 0 Å². The predicted molar refractivity (Wildman–Crippen MR) is 78.8 cm³/mol. The molecule has 0 radical (unpaired) electrons. The molecule has 100 valence electrons. The van der Waals surface area contributed by atoms with E-state index in [1.807, 2.05) is 0 Å². The average Bonchev–Trinajstić information content (AvgIpc) is 2.40. The van der Waals surface area contributed by atoms with Crippen LogP contribution < -0.4 is 5.32 Å². The first-order valence-electron chi connectivity index (χ1n) is 7.55. The summed E-state index contributed by atoms with van der Waals surface area (Å²) in [6, 6.07) is 9.30. The molecule has 1 aliphatic carbocycles. The van der Waals surface area contributed by atoms with E-state index in [0.29, 0.717) is 0 Å². The van der Waals surface area contributed by atoms with Crippen molar-refractivity contribution < 1.29 is 0 Å². The third-order valence-corrected chi connectivity index (χ3v) is 3.94. The van der Waals surface area contributed by atoms with E-state index in [0.717, 1.165) is 24.9 Å². The molecule has 0 atom stereocenters. The molecule has 0 aromatic heterocycles. The Morgan fingerprint density at radius 2 is 1.72 bits per heavy atom. The second-order valence-corrected chi connectivity index (χ2v) is 6.10. The molecule has 0 heterocycles. The van der Waals surface area contributed by atoms with Crippen molar-refractivity contribution >= 4 is 0 Å². The summed E-state index contributed by atoms with van der Waals surface area (Å²) < 4.78 is 0. The predicted octanol–water partition coefficient (Wildman–Crippen LogP) is 4.48. The molecule has 1 aliphatic rings. The highest BCUT2D eigenvalue weighted by atomic mass is 14.8. The first-order valence-corrected chi connectivity index (χ1v) is 7.55. The molecule has 0 amide bonds. The van der Waals surface area contributed by atoms with Gasteiger partial charge in [-0.05, 0) is 42.3 Å². The third-order valence-electron chi connectivity index (χ3n) is 3.94. The van der Waals surface area contributed by atoms with Crippen LogP contribution in [0.25, 0.3) is 0 Å². The summed E-state index contributed by atoms with van der Waals surface area (Å²) in [4.78, 5) is 0. The van der Waals surface area contributed by atoms with Gasteiger partial charge in [0, 0.05) is 6.54 Å². The molecule has 1 aromatic carbocycles. The summed E-state index contributed by atoms with van der Waals surface area (Å²) >= 11 is 0. The minimum Gasteiger partial charge on any atom is -0.312 e. The maximum atomic E-state index is 3.50. The highest BCUT2D eigenvalue weighted by Crippen LogP contribution is 2.32. The third kappa shape index (κ3) is 4.13. The number of benzene rings is 1. The summed E-state index contributed by atoms with van der Waals surface area (Å²) in [5, 5.41) is 3.50. The number of nitrogens with one attached hydrogen (secondary N) is 1. The second-order valence-electron chi connectivity index (χ2n) is 6.10. The largest absolute Gasteiger partial charge is 0.312 e. The minimum absolute atomic E-state index is 0.728. The Bertz CT molecular complexity index is 333. The van der Waals surface area contributed by atoms with Crippen LogP contribution in [0.1, 0.15) is 63.0 Å². The van der Waals surface area contributed by atoms with Crippen molar-refractivity contribution in [2.45, 2.75) is 58.4 Å². The molecule has 1 N–H and O–H groups in total. The first-order chi connectivity index (χ1) is 8.75. The van der Waals surface area contributed by atoms with Gasteiger partial charge in [0.2, 0.25) is 0 Å². The summed E-state index contributed by atoms with van der Waals surface area (Å²) in [5.41, 5.74) is 2.97. The van der Waals surface area contributed by atoms with Gasteiger partial charge in [-0.3, -0.25) is 0 Å². The zero-order valence-corrected chi connectivity index (χ0v) is 11.9. The highest BCUT2D eigenvalue weighted by Gasteiger charge is 2.14. The molecule has 2 rings (SSSR count). The SMILES string of the molecule is CC(C)CNCc1ccc(C2CCCCC2)cc1. The van der Waals surface area contributed by atoms with Gasteiger partial charge in [0.25, 0.3) is 0 Å². The smallest absolute Gasteiger partial charge is 0.0205 e. The van der Waals surface area contributed by atoms with E-state index >= 15 is 0 Å². The summed E-state index contributed by atoms with van der Waals surface area (Å²) in [6.07, 6.45) is 7.06. The zero-order chi connectivity index (χ0) is 12.8. The Labute approximate surface area is 112 Å². The molecule has 0 saturated heterocycles. The molecule has 0 unspecified atom stereocenters. The maximum Gasteiger partial charge on any atom is 0.0205 e. The molecular formula is C17H27N. The minimum atomic E-state index is 0.728. The van der Waals surface area contributed by atoms with Gasteiger partial charge in [-0.15, -0.1) is 0 Å². The molecule has 0 bridgehead atoms. The van der Waals surface area contributed by atoms with Crippen LogP contribution in [0.3, 0.4) is 0 Å². The van der Waals surface area contributed by atoms with Gasteiger partial charge in [-0.1, -0.05) is 57.4 Å². The van der Waals surface area contributed by atoms with E-state index < -0.39 is 0 Å². The quantitative estimate of drug-likeness (QED) is 0.806. The van der Waals surface area contributed by atoms with Crippen molar-refractivity contribution in [2.75, 3.05) is 6.54 Å². The molecule has 1 aromatic rings. The van der Waals surface area contributed by atoms with Gasteiger partial charge >= 0.3 is 0 Å². The van der Waals surface area contributed by atoms with Crippen molar-refractivity contribution in [3.05, 3.63) is 35.4 Å². The average molecular weight is 245 g/mol. The van der Waals surface area contributed by atoms with E-state index in [1.165, 1.54) is 37.7 Å². The number of rotatable bonds is 5. The van der Waals surface area contributed by atoms with E-state index in [-0.39, 0.29) is 0 Å². The van der Waals surface area contributed by atoms with Crippen LogP contribution in [0.2, 0.25) is 0 Å². The Kier molecular flexibility index (Phi) is 5.25. The maximum absolute atomic E-state index is 3.50. The van der Waals surface area contributed by atoms with E-state index in [4.69, 9.17) is 0 Å². The lowest BCUT2D eigenvalue weighted by atomic mass is 9.84. The van der Waals surface area contributed by atoms with Crippen molar-refractivity contribution in [3.8, 4) is 0 Å².